The lowest BCUT2D eigenvalue weighted by Gasteiger charge is -2.06. The summed E-state index contributed by atoms with van der Waals surface area (Å²) < 4.78 is 13.2. The first-order valence-corrected chi connectivity index (χ1v) is 6.41. The average Bonchev–Trinajstić information content (AvgIpc) is 2.91. The fourth-order valence-electron chi connectivity index (χ4n) is 1.59. The van der Waals surface area contributed by atoms with Crippen molar-refractivity contribution in [3.8, 4) is 0 Å². The first kappa shape index (κ1) is 13.9. The average molecular weight is 295 g/mol. The molecule has 104 valence electrons. The maximum absolute atomic E-state index is 13.2. The topological polar surface area (TPSA) is 98.3 Å². The smallest absolute Gasteiger partial charge is 0.285 e. The maximum atomic E-state index is 13.2. The van der Waals surface area contributed by atoms with Crippen LogP contribution in [0.3, 0.4) is 0 Å². The largest absolute Gasteiger partial charge is 0.396 e. The van der Waals surface area contributed by atoms with Crippen molar-refractivity contribution in [2.45, 2.75) is 6.54 Å². The summed E-state index contributed by atoms with van der Waals surface area (Å²) in [5, 5.41) is 15.2. The number of hydrogen-bond donors (Lipinski definition) is 2. The molecule has 0 bridgehead atoms. The quantitative estimate of drug-likeness (QED) is 0.513. The number of nitro groups is 1. The number of amides is 1. The molecule has 0 saturated carbocycles. The van der Waals surface area contributed by atoms with Gasteiger partial charge in [0, 0.05) is 4.88 Å². The highest BCUT2D eigenvalue weighted by Crippen LogP contribution is 2.24. The highest BCUT2D eigenvalue weighted by Gasteiger charge is 2.22. The predicted molar refractivity (Wildman–Crippen MR) is 73.0 cm³/mol. The zero-order valence-electron chi connectivity index (χ0n) is 10.1. The Morgan fingerprint density at radius 2 is 2.25 bits per heavy atom. The molecule has 0 fully saturated rings. The second kappa shape index (κ2) is 5.66. The Labute approximate surface area is 117 Å². The molecule has 2 aromatic rings. The molecule has 2 rings (SSSR count). The lowest BCUT2D eigenvalue weighted by molar-refractivity contribution is -0.385. The number of anilines is 1. The van der Waals surface area contributed by atoms with Gasteiger partial charge in [0.25, 0.3) is 11.6 Å². The van der Waals surface area contributed by atoms with Crippen LogP contribution in [-0.4, -0.2) is 10.8 Å². The fourth-order valence-corrected chi connectivity index (χ4v) is 2.23. The van der Waals surface area contributed by atoms with Crippen LogP contribution < -0.4 is 11.1 Å². The van der Waals surface area contributed by atoms with Crippen LogP contribution in [0.15, 0.2) is 29.6 Å². The van der Waals surface area contributed by atoms with Gasteiger partial charge in [-0.1, -0.05) is 6.07 Å². The van der Waals surface area contributed by atoms with Crippen LogP contribution in [0.4, 0.5) is 15.8 Å². The molecular formula is C12H10FN3O3S. The fraction of sp³-hybridized carbons (Fsp3) is 0.0833. The van der Waals surface area contributed by atoms with E-state index in [0.717, 1.165) is 10.9 Å². The number of nitrogens with zero attached hydrogens (tertiary/aromatic N) is 1. The van der Waals surface area contributed by atoms with Crippen LogP contribution in [0.25, 0.3) is 0 Å². The van der Waals surface area contributed by atoms with Crippen LogP contribution >= 0.6 is 11.3 Å². The van der Waals surface area contributed by atoms with Crippen molar-refractivity contribution in [1.82, 2.24) is 5.32 Å². The minimum atomic E-state index is -0.925. The predicted octanol–water partition coefficient (Wildman–Crippen LogP) is 2.31. The van der Waals surface area contributed by atoms with Gasteiger partial charge in [-0.05, 0) is 17.5 Å². The van der Waals surface area contributed by atoms with E-state index in [4.69, 9.17) is 5.73 Å². The molecule has 0 aliphatic carbocycles. The van der Waals surface area contributed by atoms with E-state index in [0.29, 0.717) is 6.07 Å². The Kier molecular flexibility index (Phi) is 3.94. The molecule has 3 N–H and O–H groups in total. The van der Waals surface area contributed by atoms with Gasteiger partial charge in [-0.15, -0.1) is 11.3 Å². The van der Waals surface area contributed by atoms with Crippen molar-refractivity contribution in [2.75, 3.05) is 5.73 Å². The van der Waals surface area contributed by atoms with E-state index < -0.39 is 22.3 Å². The Balaban J connectivity index is 2.24. The van der Waals surface area contributed by atoms with Gasteiger partial charge in [0.2, 0.25) is 0 Å². The molecule has 0 spiro atoms. The number of rotatable bonds is 4. The minimum absolute atomic E-state index is 0.241. The van der Waals surface area contributed by atoms with Crippen molar-refractivity contribution in [1.29, 1.82) is 0 Å². The van der Waals surface area contributed by atoms with Crippen LogP contribution in [0.2, 0.25) is 0 Å². The lowest BCUT2D eigenvalue weighted by Crippen LogP contribution is -2.23. The van der Waals surface area contributed by atoms with Gasteiger partial charge in [0.05, 0.1) is 23.2 Å². The van der Waals surface area contributed by atoms with E-state index in [1.54, 1.807) is 0 Å². The van der Waals surface area contributed by atoms with Gasteiger partial charge in [0.15, 0.2) is 5.82 Å². The van der Waals surface area contributed by atoms with Crippen molar-refractivity contribution < 1.29 is 14.1 Å². The summed E-state index contributed by atoms with van der Waals surface area (Å²) in [6.07, 6.45) is 0. The molecule has 1 aromatic carbocycles. The molecule has 0 unspecified atom stereocenters. The van der Waals surface area contributed by atoms with Crippen molar-refractivity contribution in [3.63, 3.8) is 0 Å². The number of nitro benzene ring substituents is 1. The Hall–Kier alpha value is -2.48. The SMILES string of the molecule is Nc1cc(C(=O)NCc2cccs2)c([N+](=O)[O-])cc1F. The van der Waals surface area contributed by atoms with E-state index in [1.165, 1.54) is 11.3 Å². The Morgan fingerprint density at radius 3 is 2.85 bits per heavy atom. The molecule has 8 heteroatoms. The van der Waals surface area contributed by atoms with Gasteiger partial charge in [-0.2, -0.15) is 0 Å². The van der Waals surface area contributed by atoms with Gasteiger partial charge in [-0.3, -0.25) is 14.9 Å². The number of nitrogen functional groups attached to an aromatic ring is 1. The number of hydrogen-bond acceptors (Lipinski definition) is 5. The summed E-state index contributed by atoms with van der Waals surface area (Å²) in [6, 6.07) is 5.26. The molecule has 0 aliphatic heterocycles. The number of nitrogens with one attached hydrogen (secondary N) is 1. The monoisotopic (exact) mass is 295 g/mol. The van der Waals surface area contributed by atoms with Gasteiger partial charge in [-0.25, -0.2) is 4.39 Å². The zero-order valence-corrected chi connectivity index (χ0v) is 10.9. The summed E-state index contributed by atoms with van der Waals surface area (Å²) in [5.74, 6) is -1.59. The highest BCUT2D eigenvalue weighted by atomic mass is 32.1. The number of thiophene rings is 1. The molecule has 6 nitrogen and oxygen atoms in total. The van der Waals surface area contributed by atoms with E-state index in [-0.39, 0.29) is 17.8 Å². The third kappa shape index (κ3) is 2.91. The first-order chi connectivity index (χ1) is 9.49. The molecule has 0 saturated heterocycles. The summed E-state index contributed by atoms with van der Waals surface area (Å²) in [7, 11) is 0. The second-order valence-corrected chi connectivity index (χ2v) is 4.94. The van der Waals surface area contributed by atoms with Gasteiger partial charge in [0.1, 0.15) is 5.56 Å². The second-order valence-electron chi connectivity index (χ2n) is 3.91. The van der Waals surface area contributed by atoms with Crippen molar-refractivity contribution in [3.05, 3.63) is 56.0 Å². The van der Waals surface area contributed by atoms with Crippen LogP contribution in [-0.2, 0) is 6.54 Å². The lowest BCUT2D eigenvalue weighted by atomic mass is 10.1. The third-order valence-electron chi connectivity index (χ3n) is 2.56. The van der Waals surface area contributed by atoms with Crippen LogP contribution in [0.5, 0.6) is 0 Å². The number of halogens is 1. The van der Waals surface area contributed by atoms with E-state index >= 15 is 0 Å². The molecule has 0 aliphatic rings. The summed E-state index contributed by atoms with van der Waals surface area (Å²) >= 11 is 1.44. The number of carbonyl (C=O) groups excluding carboxylic acids is 1. The molecule has 1 aromatic heterocycles. The first-order valence-electron chi connectivity index (χ1n) is 5.53. The number of benzene rings is 1. The third-order valence-corrected chi connectivity index (χ3v) is 3.44. The summed E-state index contributed by atoms with van der Waals surface area (Å²) in [4.78, 5) is 22.9. The maximum Gasteiger partial charge on any atom is 0.285 e. The van der Waals surface area contributed by atoms with Gasteiger partial charge < -0.3 is 11.1 Å². The van der Waals surface area contributed by atoms with Gasteiger partial charge >= 0.3 is 0 Å². The molecule has 1 heterocycles. The normalized spacial score (nSPS) is 10.2. The number of nitrogens with two attached hydrogens (primary N) is 1. The highest BCUT2D eigenvalue weighted by molar-refractivity contribution is 7.09. The zero-order chi connectivity index (χ0) is 14.7. The Morgan fingerprint density at radius 1 is 1.50 bits per heavy atom. The number of carbonyl (C=O) groups is 1. The minimum Gasteiger partial charge on any atom is -0.396 e. The van der Waals surface area contributed by atoms with Crippen molar-refractivity contribution in [2.24, 2.45) is 0 Å². The standard InChI is InChI=1S/C12H10FN3O3S/c13-9-5-11(16(18)19)8(4-10(9)14)12(17)15-6-7-2-1-3-20-7/h1-5H,6,14H2,(H,15,17). The van der Waals surface area contributed by atoms with E-state index in [2.05, 4.69) is 5.32 Å². The summed E-state index contributed by atoms with van der Waals surface area (Å²) in [6.45, 7) is 0.241. The van der Waals surface area contributed by atoms with E-state index in [1.807, 2.05) is 17.5 Å². The van der Waals surface area contributed by atoms with Crippen LogP contribution in [0, 0.1) is 15.9 Å². The molecule has 1 amide bonds. The Bertz CT molecular complexity index is 658. The van der Waals surface area contributed by atoms with E-state index in [9.17, 15) is 19.3 Å². The molecule has 20 heavy (non-hydrogen) atoms. The molecular weight excluding hydrogens is 285 g/mol. The van der Waals surface area contributed by atoms with Crippen molar-refractivity contribution >= 4 is 28.6 Å². The summed E-state index contributed by atoms with van der Waals surface area (Å²) in [5.41, 5.74) is 4.16. The van der Waals surface area contributed by atoms with Crippen LogP contribution in [0.1, 0.15) is 15.2 Å². The molecule has 0 atom stereocenters. The molecule has 0 radical (unpaired) electrons.